The van der Waals surface area contributed by atoms with Crippen LogP contribution in [0.4, 0.5) is 4.79 Å². The largest absolute Gasteiger partial charge is 0.321 e. The Balaban J connectivity index is 1.94. The molecule has 1 aliphatic carbocycles. The fourth-order valence-corrected chi connectivity index (χ4v) is 3.67. The normalized spacial score (nSPS) is 24.9. The first-order valence-corrected chi connectivity index (χ1v) is 7.19. The molecule has 1 saturated carbocycles. The first kappa shape index (κ1) is 11.8. The highest BCUT2D eigenvalue weighted by Crippen LogP contribution is 2.49. The van der Waals surface area contributed by atoms with Crippen molar-refractivity contribution in [2.45, 2.75) is 38.3 Å². The van der Waals surface area contributed by atoms with Gasteiger partial charge in [0.1, 0.15) is 0 Å². The van der Waals surface area contributed by atoms with Crippen LogP contribution >= 0.6 is 11.8 Å². The standard InChI is InChI=1S/C15H17NOS/c1-15(2)13(10-11-6-4-3-5-7-11)18-14(17)16(15)12-8-9-12/h3-7,10,12H,8-9H2,1-2H3/b13-10-. The molecule has 0 atom stereocenters. The first-order valence-electron chi connectivity index (χ1n) is 6.37. The number of hydrogen-bond acceptors (Lipinski definition) is 2. The van der Waals surface area contributed by atoms with Crippen molar-refractivity contribution in [1.29, 1.82) is 0 Å². The molecule has 0 spiro atoms. The monoisotopic (exact) mass is 259 g/mol. The molecule has 1 amide bonds. The van der Waals surface area contributed by atoms with E-state index in [0.29, 0.717) is 6.04 Å². The predicted octanol–water partition coefficient (Wildman–Crippen LogP) is 4.14. The van der Waals surface area contributed by atoms with Gasteiger partial charge in [0.05, 0.1) is 5.54 Å². The summed E-state index contributed by atoms with van der Waals surface area (Å²) in [5, 5.41) is 0.213. The Morgan fingerprint density at radius 1 is 1.28 bits per heavy atom. The van der Waals surface area contributed by atoms with E-state index < -0.39 is 0 Å². The van der Waals surface area contributed by atoms with E-state index in [1.165, 1.54) is 17.3 Å². The molecular weight excluding hydrogens is 242 g/mol. The van der Waals surface area contributed by atoms with Gasteiger partial charge in [-0.1, -0.05) is 30.3 Å². The van der Waals surface area contributed by atoms with E-state index in [4.69, 9.17) is 0 Å². The molecule has 94 valence electrons. The van der Waals surface area contributed by atoms with Crippen LogP contribution in [0.3, 0.4) is 0 Å². The van der Waals surface area contributed by atoms with Crippen LogP contribution in [0.1, 0.15) is 32.3 Å². The van der Waals surface area contributed by atoms with Crippen molar-refractivity contribution in [3.63, 3.8) is 0 Å². The van der Waals surface area contributed by atoms with Gasteiger partial charge in [0.25, 0.3) is 5.24 Å². The first-order chi connectivity index (χ1) is 8.59. The SMILES string of the molecule is CC1(C)/C(=C/c2ccccc2)SC(=O)N1C1CC1. The Labute approximate surface area is 112 Å². The van der Waals surface area contributed by atoms with Gasteiger partial charge in [0, 0.05) is 10.9 Å². The van der Waals surface area contributed by atoms with Gasteiger partial charge in [-0.15, -0.1) is 0 Å². The maximum Gasteiger partial charge on any atom is 0.287 e. The summed E-state index contributed by atoms with van der Waals surface area (Å²) in [7, 11) is 0. The highest BCUT2D eigenvalue weighted by atomic mass is 32.2. The third-order valence-corrected chi connectivity index (χ3v) is 4.82. The van der Waals surface area contributed by atoms with E-state index in [2.05, 4.69) is 37.0 Å². The second-order valence-corrected chi connectivity index (χ2v) is 6.44. The van der Waals surface area contributed by atoms with Gasteiger partial charge in [-0.2, -0.15) is 0 Å². The van der Waals surface area contributed by atoms with E-state index in [-0.39, 0.29) is 10.8 Å². The van der Waals surface area contributed by atoms with Gasteiger partial charge in [-0.3, -0.25) is 4.79 Å². The van der Waals surface area contributed by atoms with Crippen LogP contribution < -0.4 is 0 Å². The molecular formula is C15H17NOS. The number of hydrogen-bond donors (Lipinski definition) is 0. The zero-order chi connectivity index (χ0) is 12.8. The van der Waals surface area contributed by atoms with Gasteiger partial charge < -0.3 is 4.90 Å². The summed E-state index contributed by atoms with van der Waals surface area (Å²) in [6.07, 6.45) is 4.47. The number of rotatable bonds is 2. The third kappa shape index (κ3) is 1.97. The van der Waals surface area contributed by atoms with Gasteiger partial charge in [-0.25, -0.2) is 0 Å². The Kier molecular flexibility index (Phi) is 2.74. The quantitative estimate of drug-likeness (QED) is 0.795. The molecule has 1 aromatic rings. The highest BCUT2D eigenvalue weighted by molar-refractivity contribution is 8.17. The number of amides is 1. The predicted molar refractivity (Wildman–Crippen MR) is 76.3 cm³/mol. The second kappa shape index (κ2) is 4.16. The molecule has 2 nitrogen and oxygen atoms in total. The van der Waals surface area contributed by atoms with Gasteiger partial charge in [-0.05, 0) is 50.1 Å². The lowest BCUT2D eigenvalue weighted by atomic mass is 10.0. The van der Waals surface area contributed by atoms with E-state index in [1.807, 2.05) is 18.2 Å². The number of carbonyl (C=O) groups excluding carboxylic acids is 1. The van der Waals surface area contributed by atoms with Crippen LogP contribution in [-0.2, 0) is 0 Å². The molecule has 1 aliphatic heterocycles. The third-order valence-electron chi connectivity index (χ3n) is 3.61. The molecule has 0 N–H and O–H groups in total. The number of carbonyl (C=O) groups is 1. The van der Waals surface area contributed by atoms with Crippen molar-refractivity contribution in [2.75, 3.05) is 0 Å². The summed E-state index contributed by atoms with van der Waals surface area (Å²) in [5.41, 5.74) is 1.01. The van der Waals surface area contributed by atoms with E-state index in [9.17, 15) is 4.79 Å². The van der Waals surface area contributed by atoms with E-state index in [1.54, 1.807) is 0 Å². The fraction of sp³-hybridized carbons (Fsp3) is 0.400. The minimum absolute atomic E-state index is 0.154. The molecule has 1 aromatic carbocycles. The maximum absolute atomic E-state index is 12.1. The van der Waals surface area contributed by atoms with Crippen molar-refractivity contribution in [1.82, 2.24) is 4.90 Å². The molecule has 18 heavy (non-hydrogen) atoms. The molecule has 3 rings (SSSR count). The molecule has 1 saturated heterocycles. The Hall–Kier alpha value is -1.22. The Morgan fingerprint density at radius 2 is 1.94 bits per heavy atom. The maximum atomic E-state index is 12.1. The van der Waals surface area contributed by atoms with Crippen LogP contribution in [0, 0.1) is 0 Å². The molecule has 0 aromatic heterocycles. The van der Waals surface area contributed by atoms with Crippen LogP contribution in [0.2, 0.25) is 0 Å². The van der Waals surface area contributed by atoms with Crippen LogP contribution in [-0.4, -0.2) is 21.7 Å². The lowest BCUT2D eigenvalue weighted by Crippen LogP contribution is -2.42. The molecule has 1 heterocycles. The average molecular weight is 259 g/mol. The molecule has 0 unspecified atom stereocenters. The average Bonchev–Trinajstić information content (AvgIpc) is 3.10. The smallest absolute Gasteiger partial charge is 0.287 e. The molecule has 2 aliphatic rings. The van der Waals surface area contributed by atoms with Crippen molar-refractivity contribution >= 4 is 23.1 Å². The minimum Gasteiger partial charge on any atom is -0.321 e. The lowest BCUT2D eigenvalue weighted by Gasteiger charge is -2.31. The fourth-order valence-electron chi connectivity index (χ4n) is 2.46. The van der Waals surface area contributed by atoms with Gasteiger partial charge in [0.2, 0.25) is 0 Å². The second-order valence-electron chi connectivity index (χ2n) is 5.45. The van der Waals surface area contributed by atoms with Crippen LogP contribution in [0.25, 0.3) is 6.08 Å². The van der Waals surface area contributed by atoms with Crippen molar-refractivity contribution in [3.8, 4) is 0 Å². The summed E-state index contributed by atoms with van der Waals surface area (Å²) < 4.78 is 0. The molecule has 3 heteroatoms. The van der Waals surface area contributed by atoms with Crippen LogP contribution in [0.15, 0.2) is 35.2 Å². The van der Waals surface area contributed by atoms with Gasteiger partial charge >= 0.3 is 0 Å². The molecule has 0 radical (unpaired) electrons. The summed E-state index contributed by atoms with van der Waals surface area (Å²) >= 11 is 1.39. The van der Waals surface area contributed by atoms with E-state index in [0.717, 1.165) is 17.7 Å². The lowest BCUT2D eigenvalue weighted by molar-refractivity contribution is 0.182. The molecule has 2 fully saturated rings. The zero-order valence-corrected chi connectivity index (χ0v) is 11.5. The number of benzene rings is 1. The summed E-state index contributed by atoms with van der Waals surface area (Å²) in [5.74, 6) is 0. The number of thioether (sulfide) groups is 1. The molecule has 0 bridgehead atoms. The topological polar surface area (TPSA) is 20.3 Å². The van der Waals surface area contributed by atoms with E-state index >= 15 is 0 Å². The Bertz CT molecular complexity index is 502. The highest BCUT2D eigenvalue weighted by Gasteiger charge is 2.49. The minimum atomic E-state index is -0.154. The van der Waals surface area contributed by atoms with Crippen molar-refractivity contribution in [3.05, 3.63) is 40.8 Å². The van der Waals surface area contributed by atoms with Crippen molar-refractivity contribution in [2.24, 2.45) is 0 Å². The summed E-state index contributed by atoms with van der Waals surface area (Å²) in [4.78, 5) is 15.3. The zero-order valence-electron chi connectivity index (χ0n) is 10.7. The summed E-state index contributed by atoms with van der Waals surface area (Å²) in [6.45, 7) is 4.30. The number of nitrogens with zero attached hydrogens (tertiary/aromatic N) is 1. The summed E-state index contributed by atoms with van der Waals surface area (Å²) in [6, 6.07) is 10.7. The Morgan fingerprint density at radius 3 is 2.56 bits per heavy atom. The van der Waals surface area contributed by atoms with Gasteiger partial charge in [0.15, 0.2) is 0 Å². The van der Waals surface area contributed by atoms with Crippen molar-refractivity contribution < 1.29 is 4.79 Å². The van der Waals surface area contributed by atoms with Crippen LogP contribution in [0.5, 0.6) is 0 Å².